The van der Waals surface area contributed by atoms with Gasteiger partial charge in [-0.1, -0.05) is 0 Å². The van der Waals surface area contributed by atoms with Gasteiger partial charge in [-0.25, -0.2) is 0 Å². The Morgan fingerprint density at radius 2 is 1.00 bits per heavy atom. The third-order valence-corrected chi connectivity index (χ3v) is 5.18. The molecule has 0 spiro atoms. The highest BCUT2D eigenvalue weighted by molar-refractivity contribution is 8.03. The lowest BCUT2D eigenvalue weighted by molar-refractivity contribution is 0.340. The third kappa shape index (κ3) is 5.85. The van der Waals surface area contributed by atoms with Gasteiger partial charge in [0.1, 0.15) is 11.5 Å². The summed E-state index contributed by atoms with van der Waals surface area (Å²) in [6.07, 6.45) is 0. The predicted octanol–water partition coefficient (Wildman–Crippen LogP) is 5.37. The average molecular weight is 335 g/mol. The summed E-state index contributed by atoms with van der Waals surface area (Å²) in [4.78, 5) is 2.58. The van der Waals surface area contributed by atoms with E-state index in [0.717, 1.165) is 23.0 Å². The van der Waals surface area contributed by atoms with E-state index in [0.29, 0.717) is 13.2 Å². The molecule has 0 atom stereocenters. The quantitative estimate of drug-likeness (QED) is 0.453. The normalized spacial score (nSPS) is 10.5. The van der Waals surface area contributed by atoms with Gasteiger partial charge in [0, 0.05) is 21.3 Å². The van der Waals surface area contributed by atoms with Crippen LogP contribution in [0.1, 0.15) is 13.8 Å². The molecular weight excluding hydrogens is 312 g/mol. The van der Waals surface area contributed by atoms with Gasteiger partial charge >= 0.3 is 0 Å². The van der Waals surface area contributed by atoms with Gasteiger partial charge in [-0.2, -0.15) is 0 Å². The Labute approximate surface area is 141 Å². The molecule has 2 nitrogen and oxygen atoms in total. The van der Waals surface area contributed by atoms with E-state index in [4.69, 9.17) is 9.47 Å². The summed E-state index contributed by atoms with van der Waals surface area (Å²) in [5, 5.41) is 0. The molecule has 22 heavy (non-hydrogen) atoms. The van der Waals surface area contributed by atoms with Gasteiger partial charge in [0.15, 0.2) is 0 Å². The molecule has 0 N–H and O–H groups in total. The summed E-state index contributed by atoms with van der Waals surface area (Å²) in [7, 11) is 0. The van der Waals surface area contributed by atoms with Crippen LogP contribution in [-0.2, 0) is 0 Å². The molecule has 2 rings (SSSR count). The predicted molar refractivity (Wildman–Crippen MR) is 96.7 cm³/mol. The number of rotatable bonds is 9. The van der Waals surface area contributed by atoms with E-state index in [9.17, 15) is 0 Å². The second-order valence-corrected chi connectivity index (χ2v) is 6.84. The maximum absolute atomic E-state index is 5.45. The van der Waals surface area contributed by atoms with Gasteiger partial charge in [0.25, 0.3) is 0 Å². The number of hydrogen-bond acceptors (Lipinski definition) is 4. The van der Waals surface area contributed by atoms with Crippen molar-refractivity contribution in [3.63, 3.8) is 0 Å². The van der Waals surface area contributed by atoms with E-state index in [-0.39, 0.29) is 0 Å². The molecule has 0 bridgehead atoms. The van der Waals surface area contributed by atoms with Crippen LogP contribution in [0.4, 0.5) is 0 Å². The summed E-state index contributed by atoms with van der Waals surface area (Å²) < 4.78 is 10.9. The maximum Gasteiger partial charge on any atom is 0.119 e. The lowest BCUT2D eigenvalue weighted by Gasteiger charge is -2.06. The first-order chi connectivity index (χ1) is 10.8. The van der Waals surface area contributed by atoms with E-state index >= 15 is 0 Å². The van der Waals surface area contributed by atoms with E-state index in [1.165, 1.54) is 9.79 Å². The molecule has 0 fully saturated rings. The van der Waals surface area contributed by atoms with Crippen molar-refractivity contribution in [2.45, 2.75) is 23.6 Å². The first-order valence-corrected chi connectivity index (χ1v) is 9.50. The highest BCUT2D eigenvalue weighted by atomic mass is 32.2. The van der Waals surface area contributed by atoms with Crippen LogP contribution < -0.4 is 9.47 Å². The van der Waals surface area contributed by atoms with Crippen LogP contribution in [-0.4, -0.2) is 24.7 Å². The molecule has 4 heteroatoms. The van der Waals surface area contributed by atoms with Crippen LogP contribution in [0.25, 0.3) is 0 Å². The van der Waals surface area contributed by atoms with E-state index in [1.54, 1.807) is 0 Å². The fourth-order valence-electron chi connectivity index (χ4n) is 1.92. The number of hydrogen-bond donors (Lipinski definition) is 0. The first-order valence-electron chi connectivity index (χ1n) is 7.53. The van der Waals surface area contributed by atoms with Crippen LogP contribution in [0.5, 0.6) is 11.5 Å². The third-order valence-electron chi connectivity index (χ3n) is 2.89. The number of thioether (sulfide) groups is 2. The van der Waals surface area contributed by atoms with Crippen LogP contribution in [0.15, 0.2) is 58.3 Å². The summed E-state index contributed by atoms with van der Waals surface area (Å²) in [6, 6.07) is 16.6. The molecular formula is C18H22O2S2. The Morgan fingerprint density at radius 1 is 0.636 bits per heavy atom. The van der Waals surface area contributed by atoms with Crippen molar-refractivity contribution in [2.24, 2.45) is 0 Å². The smallest absolute Gasteiger partial charge is 0.119 e. The molecule has 0 amide bonds. The van der Waals surface area contributed by atoms with Gasteiger partial charge in [0.2, 0.25) is 0 Å². The second-order valence-electron chi connectivity index (χ2n) is 4.51. The van der Waals surface area contributed by atoms with Crippen molar-refractivity contribution in [1.29, 1.82) is 0 Å². The monoisotopic (exact) mass is 334 g/mol. The first kappa shape index (κ1) is 17.1. The molecule has 0 unspecified atom stereocenters. The lowest BCUT2D eigenvalue weighted by atomic mass is 10.3. The fraction of sp³-hybridized carbons (Fsp3) is 0.333. The standard InChI is InChI=1S/C18H22O2S2/c1-3-19-15-5-9-17(10-6-15)21-13-14-22-18-11-7-16(8-12-18)20-4-2/h5-12H,3-4,13-14H2,1-2H3. The largest absolute Gasteiger partial charge is 0.494 e. The van der Waals surface area contributed by atoms with E-state index in [2.05, 4.69) is 24.3 Å². The molecule has 0 saturated carbocycles. The second kappa shape index (κ2) is 9.70. The Hall–Kier alpha value is -1.26. The molecule has 0 aliphatic heterocycles. The average Bonchev–Trinajstić information content (AvgIpc) is 2.55. The van der Waals surface area contributed by atoms with Crippen LogP contribution in [0, 0.1) is 0 Å². The zero-order valence-corrected chi connectivity index (χ0v) is 14.7. The zero-order valence-electron chi connectivity index (χ0n) is 13.1. The van der Waals surface area contributed by atoms with E-state index in [1.807, 2.05) is 61.6 Å². The summed E-state index contributed by atoms with van der Waals surface area (Å²) in [6.45, 7) is 5.43. The van der Waals surface area contributed by atoms with E-state index < -0.39 is 0 Å². The Kier molecular flexibility index (Phi) is 7.54. The van der Waals surface area contributed by atoms with Crippen molar-refractivity contribution in [3.8, 4) is 11.5 Å². The lowest BCUT2D eigenvalue weighted by Crippen LogP contribution is -1.91. The Morgan fingerprint density at radius 3 is 1.32 bits per heavy atom. The van der Waals surface area contributed by atoms with Crippen molar-refractivity contribution >= 4 is 23.5 Å². The molecule has 0 heterocycles. The van der Waals surface area contributed by atoms with Gasteiger partial charge in [-0.05, 0) is 62.4 Å². The van der Waals surface area contributed by atoms with Crippen molar-refractivity contribution in [1.82, 2.24) is 0 Å². The summed E-state index contributed by atoms with van der Waals surface area (Å²) in [5.74, 6) is 4.06. The topological polar surface area (TPSA) is 18.5 Å². The van der Waals surface area contributed by atoms with Crippen molar-refractivity contribution < 1.29 is 9.47 Å². The maximum atomic E-state index is 5.45. The number of benzene rings is 2. The minimum absolute atomic E-state index is 0.714. The molecule has 0 radical (unpaired) electrons. The molecule has 0 aliphatic carbocycles. The minimum Gasteiger partial charge on any atom is -0.494 e. The SMILES string of the molecule is CCOc1ccc(SCCSc2ccc(OCC)cc2)cc1. The molecule has 2 aromatic carbocycles. The summed E-state index contributed by atoms with van der Waals surface area (Å²) >= 11 is 3.75. The van der Waals surface area contributed by atoms with Crippen molar-refractivity contribution in [3.05, 3.63) is 48.5 Å². The highest BCUT2D eigenvalue weighted by Gasteiger charge is 1.99. The summed E-state index contributed by atoms with van der Waals surface area (Å²) in [5.41, 5.74) is 0. The fourth-order valence-corrected chi connectivity index (χ4v) is 3.71. The Bertz CT molecular complexity index is 487. The van der Waals surface area contributed by atoms with Crippen LogP contribution in [0.3, 0.4) is 0 Å². The number of ether oxygens (including phenoxy) is 2. The van der Waals surface area contributed by atoms with Gasteiger partial charge in [-0.3, -0.25) is 0 Å². The molecule has 118 valence electrons. The Balaban J connectivity index is 1.70. The molecule has 2 aromatic rings. The van der Waals surface area contributed by atoms with Crippen LogP contribution >= 0.6 is 23.5 Å². The van der Waals surface area contributed by atoms with Crippen LogP contribution in [0.2, 0.25) is 0 Å². The zero-order chi connectivity index (χ0) is 15.6. The van der Waals surface area contributed by atoms with Gasteiger partial charge in [-0.15, -0.1) is 23.5 Å². The van der Waals surface area contributed by atoms with Gasteiger partial charge < -0.3 is 9.47 Å². The minimum atomic E-state index is 0.714. The molecule has 0 saturated heterocycles. The van der Waals surface area contributed by atoms with Gasteiger partial charge in [0.05, 0.1) is 13.2 Å². The molecule has 0 aromatic heterocycles. The van der Waals surface area contributed by atoms with Crippen molar-refractivity contribution in [2.75, 3.05) is 24.7 Å². The molecule has 0 aliphatic rings. The highest BCUT2D eigenvalue weighted by Crippen LogP contribution is 2.25.